The fourth-order valence-corrected chi connectivity index (χ4v) is 2.50. The van der Waals surface area contributed by atoms with Gasteiger partial charge in [0.15, 0.2) is 0 Å². The smallest absolute Gasteiger partial charge is 0.119 e. The minimum atomic E-state index is 0.0997. The maximum atomic E-state index is 5.75. The topological polar surface area (TPSA) is 47.3 Å². The molecule has 106 valence electrons. The largest absolute Gasteiger partial charge is 0.497 e. The number of rotatable bonds is 5. The summed E-state index contributed by atoms with van der Waals surface area (Å²) in [6.45, 7) is 4.19. The lowest BCUT2D eigenvalue weighted by Gasteiger charge is -2.19. The maximum absolute atomic E-state index is 5.75. The second-order valence-corrected chi connectivity index (χ2v) is 5.13. The molecule has 1 atom stereocenters. The molecule has 2 aromatic carbocycles. The Kier molecular flexibility index (Phi) is 4.77. The predicted octanol–water partition coefficient (Wildman–Crippen LogP) is 3.06. The minimum absolute atomic E-state index is 0.0997. The first kappa shape index (κ1) is 14.6. The van der Waals surface area contributed by atoms with Gasteiger partial charge in [-0.25, -0.2) is 0 Å². The van der Waals surface area contributed by atoms with Crippen molar-refractivity contribution in [2.75, 3.05) is 7.11 Å². The van der Waals surface area contributed by atoms with E-state index in [2.05, 4.69) is 49.6 Å². The number of hydrazine groups is 1. The molecule has 0 radical (unpaired) electrons. The van der Waals surface area contributed by atoms with Gasteiger partial charge in [0, 0.05) is 0 Å². The van der Waals surface area contributed by atoms with Crippen LogP contribution >= 0.6 is 0 Å². The molecule has 0 fully saturated rings. The Morgan fingerprint density at radius 2 is 1.95 bits per heavy atom. The Bertz CT molecular complexity index is 581. The molecule has 0 aliphatic heterocycles. The van der Waals surface area contributed by atoms with Crippen LogP contribution in [-0.4, -0.2) is 7.11 Å². The molecule has 3 N–H and O–H groups in total. The van der Waals surface area contributed by atoms with Crippen molar-refractivity contribution in [1.82, 2.24) is 5.43 Å². The van der Waals surface area contributed by atoms with Crippen LogP contribution < -0.4 is 16.0 Å². The van der Waals surface area contributed by atoms with Crippen molar-refractivity contribution in [3.05, 3.63) is 64.7 Å². The van der Waals surface area contributed by atoms with E-state index in [0.717, 1.165) is 12.2 Å². The highest BCUT2D eigenvalue weighted by atomic mass is 16.5. The summed E-state index contributed by atoms with van der Waals surface area (Å²) in [6.07, 6.45) is 0.866. The van der Waals surface area contributed by atoms with Gasteiger partial charge in [-0.2, -0.15) is 0 Å². The number of hydrogen-bond donors (Lipinski definition) is 2. The minimum Gasteiger partial charge on any atom is -0.497 e. The van der Waals surface area contributed by atoms with Gasteiger partial charge in [-0.15, -0.1) is 0 Å². The van der Waals surface area contributed by atoms with Crippen LogP contribution in [0, 0.1) is 13.8 Å². The first-order valence-electron chi connectivity index (χ1n) is 6.80. The third kappa shape index (κ3) is 3.38. The summed E-state index contributed by atoms with van der Waals surface area (Å²) >= 11 is 0. The summed E-state index contributed by atoms with van der Waals surface area (Å²) in [4.78, 5) is 0. The van der Waals surface area contributed by atoms with E-state index < -0.39 is 0 Å². The second-order valence-electron chi connectivity index (χ2n) is 5.13. The number of nitrogens with two attached hydrogens (primary N) is 1. The summed E-state index contributed by atoms with van der Waals surface area (Å²) in [7, 11) is 1.68. The summed E-state index contributed by atoms with van der Waals surface area (Å²) in [5, 5.41) is 0. The average Bonchev–Trinajstić information content (AvgIpc) is 2.45. The van der Waals surface area contributed by atoms with Gasteiger partial charge in [-0.05, 0) is 49.1 Å². The molecule has 3 heteroatoms. The number of aryl methyl sites for hydroxylation is 2. The van der Waals surface area contributed by atoms with Gasteiger partial charge in [-0.3, -0.25) is 11.3 Å². The third-order valence-electron chi connectivity index (χ3n) is 3.58. The Morgan fingerprint density at radius 1 is 1.15 bits per heavy atom. The van der Waals surface area contributed by atoms with Crippen LogP contribution in [0.25, 0.3) is 0 Å². The van der Waals surface area contributed by atoms with Gasteiger partial charge in [0.2, 0.25) is 0 Å². The highest BCUT2D eigenvalue weighted by molar-refractivity contribution is 5.37. The quantitative estimate of drug-likeness (QED) is 0.648. The van der Waals surface area contributed by atoms with Crippen LogP contribution in [0.15, 0.2) is 42.5 Å². The van der Waals surface area contributed by atoms with E-state index in [9.17, 15) is 0 Å². The van der Waals surface area contributed by atoms with Gasteiger partial charge in [0.25, 0.3) is 0 Å². The van der Waals surface area contributed by atoms with Crippen molar-refractivity contribution in [3.63, 3.8) is 0 Å². The number of hydrogen-bond acceptors (Lipinski definition) is 3. The zero-order chi connectivity index (χ0) is 14.5. The molecule has 0 spiro atoms. The van der Waals surface area contributed by atoms with E-state index in [-0.39, 0.29) is 6.04 Å². The van der Waals surface area contributed by atoms with Crippen molar-refractivity contribution in [2.45, 2.75) is 26.3 Å². The standard InChI is InChI=1S/C17H22N2O/c1-12-5-4-6-14(9-12)11-17(19-18)16-8-7-15(20-3)10-13(16)2/h4-10,17,19H,11,18H2,1-3H3. The molecule has 0 heterocycles. The molecule has 0 saturated heterocycles. The van der Waals surface area contributed by atoms with Crippen LogP contribution in [0.1, 0.15) is 28.3 Å². The van der Waals surface area contributed by atoms with Crippen molar-refractivity contribution < 1.29 is 4.74 Å². The number of methoxy groups -OCH3 is 1. The van der Waals surface area contributed by atoms with E-state index >= 15 is 0 Å². The van der Waals surface area contributed by atoms with Crippen LogP contribution in [0.2, 0.25) is 0 Å². The van der Waals surface area contributed by atoms with Crippen molar-refractivity contribution in [3.8, 4) is 5.75 Å². The van der Waals surface area contributed by atoms with E-state index in [1.54, 1.807) is 7.11 Å². The third-order valence-corrected chi connectivity index (χ3v) is 3.58. The molecule has 0 aliphatic rings. The highest BCUT2D eigenvalue weighted by Gasteiger charge is 2.13. The van der Waals surface area contributed by atoms with Crippen molar-refractivity contribution in [2.24, 2.45) is 5.84 Å². The Hall–Kier alpha value is -1.84. The average molecular weight is 270 g/mol. The molecular formula is C17H22N2O. The van der Waals surface area contributed by atoms with Gasteiger partial charge in [0.1, 0.15) is 5.75 Å². The van der Waals surface area contributed by atoms with Crippen LogP contribution in [-0.2, 0) is 6.42 Å². The molecule has 0 aliphatic carbocycles. The van der Waals surface area contributed by atoms with E-state index in [0.29, 0.717) is 0 Å². The monoisotopic (exact) mass is 270 g/mol. The SMILES string of the molecule is COc1ccc(C(Cc2cccc(C)c2)NN)c(C)c1. The summed E-state index contributed by atoms with van der Waals surface area (Å²) < 4.78 is 5.25. The first-order valence-corrected chi connectivity index (χ1v) is 6.80. The van der Waals surface area contributed by atoms with E-state index in [4.69, 9.17) is 10.6 Å². The maximum Gasteiger partial charge on any atom is 0.119 e. The Labute approximate surface area is 120 Å². The number of nitrogens with one attached hydrogen (secondary N) is 1. The van der Waals surface area contributed by atoms with E-state index in [1.165, 1.54) is 22.3 Å². The van der Waals surface area contributed by atoms with Crippen LogP contribution in [0.4, 0.5) is 0 Å². The molecule has 1 unspecified atom stereocenters. The predicted molar refractivity (Wildman–Crippen MR) is 82.7 cm³/mol. The lowest BCUT2D eigenvalue weighted by atomic mass is 9.95. The number of ether oxygens (including phenoxy) is 1. The fraction of sp³-hybridized carbons (Fsp3) is 0.294. The Balaban J connectivity index is 2.24. The van der Waals surface area contributed by atoms with Crippen molar-refractivity contribution >= 4 is 0 Å². The first-order chi connectivity index (χ1) is 9.63. The lowest BCUT2D eigenvalue weighted by Crippen LogP contribution is -2.30. The van der Waals surface area contributed by atoms with Gasteiger partial charge < -0.3 is 4.74 Å². The summed E-state index contributed by atoms with van der Waals surface area (Å²) in [6, 6.07) is 14.7. The van der Waals surface area contributed by atoms with E-state index in [1.807, 2.05) is 12.1 Å². The van der Waals surface area contributed by atoms with Gasteiger partial charge in [-0.1, -0.05) is 35.9 Å². The molecule has 3 nitrogen and oxygen atoms in total. The number of benzene rings is 2. The lowest BCUT2D eigenvalue weighted by molar-refractivity contribution is 0.414. The summed E-state index contributed by atoms with van der Waals surface area (Å²) in [5.41, 5.74) is 7.86. The highest BCUT2D eigenvalue weighted by Crippen LogP contribution is 2.25. The summed E-state index contributed by atoms with van der Waals surface area (Å²) in [5.74, 6) is 6.62. The molecule has 20 heavy (non-hydrogen) atoms. The molecular weight excluding hydrogens is 248 g/mol. The molecule has 0 saturated carbocycles. The molecule has 0 bridgehead atoms. The van der Waals surface area contributed by atoms with Gasteiger partial charge in [0.05, 0.1) is 13.2 Å². The molecule has 2 rings (SSSR count). The normalized spacial score (nSPS) is 12.2. The fourth-order valence-electron chi connectivity index (χ4n) is 2.50. The Morgan fingerprint density at radius 3 is 2.55 bits per heavy atom. The zero-order valence-corrected chi connectivity index (χ0v) is 12.3. The van der Waals surface area contributed by atoms with Crippen LogP contribution in [0.5, 0.6) is 5.75 Å². The molecule has 0 aromatic heterocycles. The molecule has 0 amide bonds. The van der Waals surface area contributed by atoms with Crippen LogP contribution in [0.3, 0.4) is 0 Å². The zero-order valence-electron chi connectivity index (χ0n) is 12.3. The molecule has 2 aromatic rings. The van der Waals surface area contributed by atoms with Gasteiger partial charge >= 0.3 is 0 Å². The van der Waals surface area contributed by atoms with Crippen molar-refractivity contribution in [1.29, 1.82) is 0 Å². The second kappa shape index (κ2) is 6.55.